The van der Waals surface area contributed by atoms with Crippen molar-refractivity contribution in [3.63, 3.8) is 0 Å². The van der Waals surface area contributed by atoms with E-state index in [9.17, 15) is 13.6 Å². The van der Waals surface area contributed by atoms with E-state index < -0.39 is 17.9 Å². The van der Waals surface area contributed by atoms with E-state index in [1.807, 2.05) is 12.1 Å². The molecule has 0 aliphatic carbocycles. The first-order chi connectivity index (χ1) is 9.46. The van der Waals surface area contributed by atoms with Crippen molar-refractivity contribution in [2.45, 2.75) is 18.9 Å². The number of carbonyl (C=O) groups is 1. The fourth-order valence-electron chi connectivity index (χ4n) is 1.96. The third kappa shape index (κ3) is 3.49. The van der Waals surface area contributed by atoms with Crippen LogP contribution in [0.4, 0.5) is 8.78 Å². The second kappa shape index (κ2) is 6.83. The maximum Gasteiger partial charge on any atom is 0.379 e. The Hall–Kier alpha value is -1.72. The number of esters is 1. The Morgan fingerprint density at radius 3 is 2.48 bits per heavy atom. The number of fused-ring (bicyclic) bond motifs is 1. The Kier molecular flexibility index (Phi) is 5.63. The Bertz CT molecular complexity index is 634. The predicted molar refractivity (Wildman–Crippen MR) is 79.7 cm³/mol. The summed E-state index contributed by atoms with van der Waals surface area (Å²) in [6, 6.07) is 10.4. The molecular formula is C15H16ClF2NO2. The minimum absolute atomic E-state index is 0. The van der Waals surface area contributed by atoms with Gasteiger partial charge >= 0.3 is 11.9 Å². The molecule has 21 heavy (non-hydrogen) atoms. The highest BCUT2D eigenvalue weighted by molar-refractivity contribution is 5.85. The SMILES string of the molecule is CCOC(=O)C(F)(F)[C@@H](N)c1ccc2ccccc2c1.Cl. The van der Waals surface area contributed by atoms with Gasteiger partial charge in [0.1, 0.15) is 6.04 Å². The van der Waals surface area contributed by atoms with E-state index in [0.29, 0.717) is 0 Å². The average Bonchev–Trinajstić information content (AvgIpc) is 2.46. The first kappa shape index (κ1) is 17.3. The van der Waals surface area contributed by atoms with E-state index in [4.69, 9.17) is 5.73 Å². The summed E-state index contributed by atoms with van der Waals surface area (Å²) >= 11 is 0. The summed E-state index contributed by atoms with van der Waals surface area (Å²) in [5.74, 6) is -5.35. The van der Waals surface area contributed by atoms with Crippen LogP contribution in [0.25, 0.3) is 10.8 Å². The zero-order valence-electron chi connectivity index (χ0n) is 11.4. The molecule has 1 atom stereocenters. The number of nitrogens with two attached hydrogens (primary N) is 1. The Labute approximate surface area is 127 Å². The van der Waals surface area contributed by atoms with Gasteiger partial charge in [-0.3, -0.25) is 0 Å². The van der Waals surface area contributed by atoms with Gasteiger partial charge in [-0.25, -0.2) is 4.79 Å². The molecule has 0 radical (unpaired) electrons. The van der Waals surface area contributed by atoms with Crippen LogP contribution in [-0.2, 0) is 9.53 Å². The summed E-state index contributed by atoms with van der Waals surface area (Å²) in [5, 5.41) is 1.71. The highest BCUT2D eigenvalue weighted by Crippen LogP contribution is 2.32. The molecule has 2 aromatic rings. The second-order valence-corrected chi connectivity index (χ2v) is 4.43. The summed E-state index contributed by atoms with van der Waals surface area (Å²) < 4.78 is 32.1. The predicted octanol–water partition coefficient (Wildman–Crippen LogP) is 3.46. The van der Waals surface area contributed by atoms with Crippen LogP contribution in [-0.4, -0.2) is 18.5 Å². The summed E-state index contributed by atoms with van der Waals surface area (Å²) in [5.41, 5.74) is 5.74. The summed E-state index contributed by atoms with van der Waals surface area (Å²) in [6.45, 7) is 1.36. The van der Waals surface area contributed by atoms with Crippen LogP contribution in [0.3, 0.4) is 0 Å². The molecule has 0 heterocycles. The molecule has 0 fully saturated rings. The Balaban J connectivity index is 0.00000220. The number of ether oxygens (including phenoxy) is 1. The minimum Gasteiger partial charge on any atom is -0.462 e. The molecule has 114 valence electrons. The van der Waals surface area contributed by atoms with Gasteiger partial charge in [0.05, 0.1) is 6.61 Å². The highest BCUT2D eigenvalue weighted by atomic mass is 35.5. The molecular weight excluding hydrogens is 300 g/mol. The van der Waals surface area contributed by atoms with E-state index in [-0.39, 0.29) is 24.6 Å². The van der Waals surface area contributed by atoms with Crippen LogP contribution in [0.5, 0.6) is 0 Å². The monoisotopic (exact) mass is 315 g/mol. The van der Waals surface area contributed by atoms with E-state index >= 15 is 0 Å². The lowest BCUT2D eigenvalue weighted by atomic mass is 9.98. The van der Waals surface area contributed by atoms with Crippen molar-refractivity contribution in [2.24, 2.45) is 5.73 Å². The number of alkyl halides is 2. The molecule has 0 saturated carbocycles. The molecule has 6 heteroatoms. The summed E-state index contributed by atoms with van der Waals surface area (Å²) in [6.07, 6.45) is 0. The molecule has 0 spiro atoms. The average molecular weight is 316 g/mol. The first-order valence-corrected chi connectivity index (χ1v) is 6.26. The minimum atomic E-state index is -3.75. The number of hydrogen-bond donors (Lipinski definition) is 1. The topological polar surface area (TPSA) is 52.3 Å². The second-order valence-electron chi connectivity index (χ2n) is 4.43. The van der Waals surface area contributed by atoms with E-state index in [0.717, 1.165) is 10.8 Å². The molecule has 0 amide bonds. The molecule has 0 saturated heterocycles. The molecule has 2 N–H and O–H groups in total. The molecule has 0 unspecified atom stereocenters. The van der Waals surface area contributed by atoms with Gasteiger partial charge in [0, 0.05) is 0 Å². The molecule has 0 aliphatic heterocycles. The van der Waals surface area contributed by atoms with Crippen LogP contribution >= 0.6 is 12.4 Å². The van der Waals surface area contributed by atoms with Crippen LogP contribution in [0.1, 0.15) is 18.5 Å². The molecule has 2 rings (SSSR count). The number of hydrogen-bond acceptors (Lipinski definition) is 3. The lowest BCUT2D eigenvalue weighted by Gasteiger charge is -2.22. The van der Waals surface area contributed by atoms with E-state index in [1.54, 1.807) is 24.3 Å². The fraction of sp³-hybridized carbons (Fsp3) is 0.267. The van der Waals surface area contributed by atoms with Gasteiger partial charge in [0.15, 0.2) is 0 Å². The molecule has 0 bridgehead atoms. The zero-order chi connectivity index (χ0) is 14.8. The molecule has 0 aliphatic rings. The standard InChI is InChI=1S/C15H15F2NO2.ClH/c1-2-20-14(19)15(16,17)13(18)12-8-7-10-5-3-4-6-11(10)9-12;/h3-9,13H,2,18H2,1H3;1H/t13-;/m0./s1. The number of carbonyl (C=O) groups excluding carboxylic acids is 1. The van der Waals surface area contributed by atoms with Crippen molar-refractivity contribution in [3.8, 4) is 0 Å². The molecule has 0 aromatic heterocycles. The largest absolute Gasteiger partial charge is 0.462 e. The lowest BCUT2D eigenvalue weighted by molar-refractivity contribution is -0.174. The van der Waals surface area contributed by atoms with Crippen molar-refractivity contribution in [1.29, 1.82) is 0 Å². The third-order valence-corrected chi connectivity index (χ3v) is 3.07. The van der Waals surface area contributed by atoms with Gasteiger partial charge in [0.25, 0.3) is 0 Å². The first-order valence-electron chi connectivity index (χ1n) is 6.26. The lowest BCUT2D eigenvalue weighted by Crippen LogP contribution is -2.41. The molecule has 3 nitrogen and oxygen atoms in total. The van der Waals surface area contributed by atoms with E-state index in [1.165, 1.54) is 13.0 Å². The normalized spacial score (nSPS) is 12.6. The van der Waals surface area contributed by atoms with Crippen molar-refractivity contribution in [1.82, 2.24) is 0 Å². The van der Waals surface area contributed by atoms with Gasteiger partial charge < -0.3 is 10.5 Å². The van der Waals surface area contributed by atoms with Crippen molar-refractivity contribution >= 4 is 29.1 Å². The Morgan fingerprint density at radius 2 is 1.86 bits per heavy atom. The molecule has 2 aromatic carbocycles. The summed E-state index contributed by atoms with van der Waals surface area (Å²) in [4.78, 5) is 11.3. The van der Waals surface area contributed by atoms with Crippen molar-refractivity contribution < 1.29 is 18.3 Å². The smallest absolute Gasteiger partial charge is 0.379 e. The van der Waals surface area contributed by atoms with Gasteiger partial charge in [-0.15, -0.1) is 12.4 Å². The number of rotatable bonds is 4. The third-order valence-electron chi connectivity index (χ3n) is 3.07. The highest BCUT2D eigenvalue weighted by Gasteiger charge is 2.47. The van der Waals surface area contributed by atoms with Crippen molar-refractivity contribution in [3.05, 3.63) is 48.0 Å². The maximum atomic E-state index is 13.9. The van der Waals surface area contributed by atoms with E-state index in [2.05, 4.69) is 4.74 Å². The van der Waals surface area contributed by atoms with Gasteiger partial charge in [-0.05, 0) is 29.3 Å². The Morgan fingerprint density at radius 1 is 1.24 bits per heavy atom. The zero-order valence-corrected chi connectivity index (χ0v) is 12.2. The van der Waals surface area contributed by atoms with Crippen molar-refractivity contribution in [2.75, 3.05) is 6.61 Å². The fourth-order valence-corrected chi connectivity index (χ4v) is 1.96. The maximum absolute atomic E-state index is 13.9. The number of halogens is 3. The van der Waals surface area contributed by atoms with Crippen LogP contribution < -0.4 is 5.73 Å². The van der Waals surface area contributed by atoms with Gasteiger partial charge in [-0.1, -0.05) is 36.4 Å². The van der Waals surface area contributed by atoms with Crippen LogP contribution in [0, 0.1) is 0 Å². The summed E-state index contributed by atoms with van der Waals surface area (Å²) in [7, 11) is 0. The van der Waals surface area contributed by atoms with Gasteiger partial charge in [0.2, 0.25) is 0 Å². The quantitative estimate of drug-likeness (QED) is 0.879. The number of benzene rings is 2. The van der Waals surface area contributed by atoms with Crippen LogP contribution in [0.2, 0.25) is 0 Å². The van der Waals surface area contributed by atoms with Crippen LogP contribution in [0.15, 0.2) is 42.5 Å². The van der Waals surface area contributed by atoms with Gasteiger partial charge in [-0.2, -0.15) is 8.78 Å².